The number of nitrogens with one attached hydrogen (secondary N) is 1. The molecule has 1 saturated heterocycles. The number of ether oxygens (including phenoxy) is 1. The van der Waals surface area contributed by atoms with Crippen molar-refractivity contribution in [3.05, 3.63) is 29.8 Å². The summed E-state index contributed by atoms with van der Waals surface area (Å²) in [7, 11) is -1.55. The number of para-hydroxylation sites is 1. The molecule has 0 unspecified atom stereocenters. The third-order valence-electron chi connectivity index (χ3n) is 3.83. The fourth-order valence-electron chi connectivity index (χ4n) is 2.63. The first kappa shape index (κ1) is 16.8. The zero-order valence-corrected chi connectivity index (χ0v) is 13.7. The van der Waals surface area contributed by atoms with E-state index in [0.717, 1.165) is 5.56 Å². The first-order valence-corrected chi connectivity index (χ1v) is 9.11. The molecule has 1 aliphatic heterocycles. The number of carbonyl (C=O) groups excluding carboxylic acids is 1. The van der Waals surface area contributed by atoms with Gasteiger partial charge < -0.3 is 10.1 Å². The van der Waals surface area contributed by atoms with Crippen molar-refractivity contribution >= 4 is 15.9 Å². The van der Waals surface area contributed by atoms with Crippen molar-refractivity contribution in [1.29, 1.82) is 0 Å². The lowest BCUT2D eigenvalue weighted by atomic mass is 10.1. The van der Waals surface area contributed by atoms with E-state index in [4.69, 9.17) is 4.74 Å². The molecule has 6 nitrogen and oxygen atoms in total. The quantitative estimate of drug-likeness (QED) is 0.867. The molecule has 7 heteroatoms. The standard InChI is InChI=1S/C15H22N2O4S/c1-21-14-6-4-3-5-12(14)11-15(18)16-13-7-9-17(10-8-13)22(2,19)20/h3-6,13H,7-11H2,1-2H3,(H,16,18). The summed E-state index contributed by atoms with van der Waals surface area (Å²) in [6, 6.07) is 7.45. The molecule has 0 aliphatic carbocycles. The highest BCUT2D eigenvalue weighted by atomic mass is 32.2. The van der Waals surface area contributed by atoms with E-state index in [9.17, 15) is 13.2 Å². The van der Waals surface area contributed by atoms with Gasteiger partial charge in [0.2, 0.25) is 15.9 Å². The number of sulfonamides is 1. The highest BCUT2D eigenvalue weighted by Crippen LogP contribution is 2.18. The Kier molecular flexibility index (Phi) is 5.42. The van der Waals surface area contributed by atoms with E-state index < -0.39 is 10.0 Å². The van der Waals surface area contributed by atoms with Crippen LogP contribution in [0, 0.1) is 0 Å². The minimum absolute atomic E-state index is 0.0280. The summed E-state index contributed by atoms with van der Waals surface area (Å²) in [5, 5.41) is 2.97. The molecule has 0 aromatic heterocycles. The average molecular weight is 326 g/mol. The molecule has 0 spiro atoms. The zero-order valence-electron chi connectivity index (χ0n) is 12.9. The van der Waals surface area contributed by atoms with Gasteiger partial charge in [0.1, 0.15) is 5.75 Å². The maximum atomic E-state index is 12.1. The lowest BCUT2D eigenvalue weighted by Gasteiger charge is -2.30. The minimum Gasteiger partial charge on any atom is -0.496 e. The molecule has 1 amide bonds. The first-order valence-electron chi connectivity index (χ1n) is 7.26. The maximum Gasteiger partial charge on any atom is 0.224 e. The number of benzene rings is 1. The molecule has 0 atom stereocenters. The predicted molar refractivity (Wildman–Crippen MR) is 84.3 cm³/mol. The van der Waals surface area contributed by atoms with Crippen LogP contribution < -0.4 is 10.1 Å². The monoisotopic (exact) mass is 326 g/mol. The van der Waals surface area contributed by atoms with Crippen LogP contribution >= 0.6 is 0 Å². The highest BCUT2D eigenvalue weighted by Gasteiger charge is 2.25. The third kappa shape index (κ3) is 4.45. The van der Waals surface area contributed by atoms with Crippen LogP contribution in [-0.4, -0.2) is 51.1 Å². The Morgan fingerprint density at radius 2 is 1.95 bits per heavy atom. The predicted octanol–water partition coefficient (Wildman–Crippen LogP) is 0.778. The zero-order chi connectivity index (χ0) is 16.2. The summed E-state index contributed by atoms with van der Waals surface area (Å²) < 4.78 is 29.6. The molecule has 1 N–H and O–H groups in total. The highest BCUT2D eigenvalue weighted by molar-refractivity contribution is 7.88. The minimum atomic E-state index is -3.13. The molecule has 2 rings (SSSR count). The molecule has 1 aromatic carbocycles. The summed E-state index contributed by atoms with van der Waals surface area (Å²) >= 11 is 0. The number of hydrogen-bond acceptors (Lipinski definition) is 4. The second-order valence-electron chi connectivity index (χ2n) is 5.49. The Labute approximate surface area is 131 Å². The fraction of sp³-hybridized carbons (Fsp3) is 0.533. The van der Waals surface area contributed by atoms with Crippen LogP contribution in [0.4, 0.5) is 0 Å². The van der Waals surface area contributed by atoms with Gasteiger partial charge in [-0.05, 0) is 18.9 Å². The van der Waals surface area contributed by atoms with Gasteiger partial charge in [-0.1, -0.05) is 18.2 Å². The van der Waals surface area contributed by atoms with E-state index in [2.05, 4.69) is 5.32 Å². The molecule has 0 saturated carbocycles. The van der Waals surface area contributed by atoms with Crippen LogP contribution in [-0.2, 0) is 21.2 Å². The van der Waals surface area contributed by atoms with Crippen molar-refractivity contribution in [3.8, 4) is 5.75 Å². The van der Waals surface area contributed by atoms with Crippen molar-refractivity contribution < 1.29 is 17.9 Å². The van der Waals surface area contributed by atoms with Gasteiger partial charge in [-0.2, -0.15) is 0 Å². The topological polar surface area (TPSA) is 75.7 Å². The van der Waals surface area contributed by atoms with Gasteiger partial charge in [0.15, 0.2) is 0 Å². The number of methoxy groups -OCH3 is 1. The molecule has 1 fully saturated rings. The van der Waals surface area contributed by atoms with Crippen LogP contribution in [0.3, 0.4) is 0 Å². The number of hydrogen-bond donors (Lipinski definition) is 1. The van der Waals surface area contributed by atoms with Crippen LogP contribution in [0.1, 0.15) is 18.4 Å². The molecule has 0 bridgehead atoms. The van der Waals surface area contributed by atoms with E-state index in [-0.39, 0.29) is 18.4 Å². The Morgan fingerprint density at radius 3 is 2.55 bits per heavy atom. The average Bonchev–Trinajstić information content (AvgIpc) is 2.47. The van der Waals surface area contributed by atoms with Crippen LogP contribution in [0.25, 0.3) is 0 Å². The number of amides is 1. The molecule has 1 aliphatic rings. The Bertz CT molecular complexity index is 622. The molecule has 0 radical (unpaired) electrons. The smallest absolute Gasteiger partial charge is 0.224 e. The van der Waals surface area contributed by atoms with E-state index in [0.29, 0.717) is 31.7 Å². The van der Waals surface area contributed by atoms with Crippen LogP contribution in [0.15, 0.2) is 24.3 Å². The first-order chi connectivity index (χ1) is 10.4. The summed E-state index contributed by atoms with van der Waals surface area (Å²) in [6.45, 7) is 0.914. The maximum absolute atomic E-state index is 12.1. The van der Waals surface area contributed by atoms with Gasteiger partial charge in [-0.3, -0.25) is 4.79 Å². The van der Waals surface area contributed by atoms with E-state index in [1.165, 1.54) is 10.6 Å². The summed E-state index contributed by atoms with van der Waals surface area (Å²) in [5.41, 5.74) is 0.844. The largest absolute Gasteiger partial charge is 0.496 e. The number of piperidine rings is 1. The summed E-state index contributed by atoms with van der Waals surface area (Å²) in [4.78, 5) is 12.1. The van der Waals surface area contributed by atoms with Crippen LogP contribution in [0.5, 0.6) is 5.75 Å². The van der Waals surface area contributed by atoms with Gasteiger partial charge in [-0.25, -0.2) is 12.7 Å². The summed E-state index contributed by atoms with van der Waals surface area (Å²) in [5.74, 6) is 0.631. The summed E-state index contributed by atoms with van der Waals surface area (Å²) in [6.07, 6.45) is 2.76. The van der Waals surface area contributed by atoms with Gasteiger partial charge in [0.25, 0.3) is 0 Å². The van der Waals surface area contributed by atoms with Crippen LogP contribution in [0.2, 0.25) is 0 Å². The SMILES string of the molecule is COc1ccccc1CC(=O)NC1CCN(S(C)(=O)=O)CC1. The molecule has 122 valence electrons. The Hall–Kier alpha value is -1.60. The van der Waals surface area contributed by atoms with Crippen molar-refractivity contribution in [1.82, 2.24) is 9.62 Å². The molecule has 22 heavy (non-hydrogen) atoms. The fourth-order valence-corrected chi connectivity index (χ4v) is 3.51. The Morgan fingerprint density at radius 1 is 1.32 bits per heavy atom. The number of carbonyl (C=O) groups is 1. The third-order valence-corrected chi connectivity index (χ3v) is 5.13. The molecule has 1 heterocycles. The van der Waals surface area contributed by atoms with Crippen molar-refractivity contribution in [2.75, 3.05) is 26.5 Å². The molecular formula is C15H22N2O4S. The number of rotatable bonds is 5. The van der Waals surface area contributed by atoms with Gasteiger partial charge in [0.05, 0.1) is 19.8 Å². The lowest BCUT2D eigenvalue weighted by molar-refractivity contribution is -0.121. The van der Waals surface area contributed by atoms with E-state index in [1.54, 1.807) is 7.11 Å². The molecular weight excluding hydrogens is 304 g/mol. The van der Waals surface area contributed by atoms with Crippen molar-refractivity contribution in [3.63, 3.8) is 0 Å². The normalized spacial score (nSPS) is 17.2. The second kappa shape index (κ2) is 7.11. The van der Waals surface area contributed by atoms with Gasteiger partial charge in [0, 0.05) is 24.7 Å². The van der Waals surface area contributed by atoms with Crippen molar-refractivity contribution in [2.24, 2.45) is 0 Å². The van der Waals surface area contributed by atoms with Gasteiger partial charge >= 0.3 is 0 Å². The number of nitrogens with zero attached hydrogens (tertiary/aromatic N) is 1. The van der Waals surface area contributed by atoms with Crippen molar-refractivity contribution in [2.45, 2.75) is 25.3 Å². The van der Waals surface area contributed by atoms with Gasteiger partial charge in [-0.15, -0.1) is 0 Å². The van der Waals surface area contributed by atoms with E-state index >= 15 is 0 Å². The molecule has 1 aromatic rings. The second-order valence-corrected chi connectivity index (χ2v) is 7.47. The Balaban J connectivity index is 1.86. The lowest BCUT2D eigenvalue weighted by Crippen LogP contribution is -2.46. The van der Waals surface area contributed by atoms with E-state index in [1.807, 2.05) is 24.3 Å².